The summed E-state index contributed by atoms with van der Waals surface area (Å²) >= 11 is 1.43. The molecule has 5 rings (SSSR count). The van der Waals surface area contributed by atoms with Gasteiger partial charge >= 0.3 is 0 Å². The molecular formula is C32H54N8OS. The van der Waals surface area contributed by atoms with E-state index >= 15 is 0 Å². The number of aromatic nitrogens is 6. The fourth-order valence-corrected chi connectivity index (χ4v) is 3.43. The van der Waals surface area contributed by atoms with Crippen LogP contribution in [0.3, 0.4) is 0 Å². The number of hydrogen-bond donors (Lipinski definition) is 3. The molecule has 9 nitrogen and oxygen atoms in total. The SMILES string of the molecule is CC1CC1.CCC(C)(C)C.CCCC.CCNC=O.CCc1cc(Nc2nc(C)cn3c(-c4cn[nH]c4)cnc23)sn1. The molecule has 0 aromatic carbocycles. The van der Waals surface area contributed by atoms with E-state index in [1.807, 2.05) is 42.9 Å². The van der Waals surface area contributed by atoms with Gasteiger partial charge in [-0.2, -0.15) is 9.47 Å². The van der Waals surface area contributed by atoms with E-state index in [1.165, 1.54) is 43.6 Å². The van der Waals surface area contributed by atoms with E-state index in [4.69, 9.17) is 0 Å². The lowest BCUT2D eigenvalue weighted by Crippen LogP contribution is -2.07. The number of fused-ring (bicyclic) bond motifs is 1. The van der Waals surface area contributed by atoms with Crippen LogP contribution in [0.2, 0.25) is 0 Å². The summed E-state index contributed by atoms with van der Waals surface area (Å²) in [6.07, 6.45) is 15.9. The Balaban J connectivity index is 0.000000378. The monoisotopic (exact) mass is 598 g/mol. The van der Waals surface area contributed by atoms with Crippen molar-refractivity contribution in [1.29, 1.82) is 0 Å². The van der Waals surface area contributed by atoms with Crippen LogP contribution in [0, 0.1) is 18.3 Å². The molecule has 42 heavy (non-hydrogen) atoms. The Labute approximate surface area is 257 Å². The third-order valence-electron chi connectivity index (χ3n) is 6.28. The van der Waals surface area contributed by atoms with Crippen molar-refractivity contribution in [3.05, 3.63) is 42.2 Å². The molecule has 0 saturated heterocycles. The predicted molar refractivity (Wildman–Crippen MR) is 179 cm³/mol. The number of carbonyl (C=O) groups is 1. The highest BCUT2D eigenvalue weighted by atomic mass is 32.1. The Morgan fingerprint density at radius 3 is 2.17 bits per heavy atom. The molecule has 4 aromatic rings. The predicted octanol–water partition coefficient (Wildman–Crippen LogP) is 8.61. The lowest BCUT2D eigenvalue weighted by molar-refractivity contribution is -0.109. The fourth-order valence-electron chi connectivity index (χ4n) is 2.70. The molecule has 10 heteroatoms. The average molecular weight is 599 g/mol. The van der Waals surface area contributed by atoms with E-state index < -0.39 is 0 Å². The summed E-state index contributed by atoms with van der Waals surface area (Å²) in [6.45, 7) is 22.2. The minimum absolute atomic E-state index is 0.542. The summed E-state index contributed by atoms with van der Waals surface area (Å²) in [5.74, 6) is 1.81. The Bertz CT molecular complexity index is 1250. The van der Waals surface area contributed by atoms with Crippen molar-refractivity contribution in [2.45, 2.75) is 108 Å². The molecule has 0 bridgehead atoms. The number of anilines is 2. The highest BCUT2D eigenvalue weighted by Crippen LogP contribution is 2.28. The van der Waals surface area contributed by atoms with Crippen molar-refractivity contribution in [1.82, 2.24) is 34.3 Å². The molecule has 0 aliphatic heterocycles. The molecular weight excluding hydrogens is 544 g/mol. The smallest absolute Gasteiger partial charge is 0.207 e. The van der Waals surface area contributed by atoms with Gasteiger partial charge in [0.05, 0.1) is 29.5 Å². The van der Waals surface area contributed by atoms with Gasteiger partial charge in [0, 0.05) is 24.5 Å². The van der Waals surface area contributed by atoms with Gasteiger partial charge in [0.25, 0.3) is 0 Å². The summed E-state index contributed by atoms with van der Waals surface area (Å²) < 4.78 is 6.42. The quantitative estimate of drug-likeness (QED) is 0.184. The first-order valence-electron chi connectivity index (χ1n) is 15.3. The zero-order valence-electron chi connectivity index (χ0n) is 27.5. The molecule has 0 unspecified atom stereocenters. The Kier molecular flexibility index (Phi) is 17.3. The molecule has 1 saturated carbocycles. The molecule has 0 atom stereocenters. The molecule has 0 spiro atoms. The highest BCUT2D eigenvalue weighted by Gasteiger charge is 2.14. The number of aryl methyl sites for hydroxylation is 2. The Morgan fingerprint density at radius 2 is 1.76 bits per heavy atom. The summed E-state index contributed by atoms with van der Waals surface area (Å²) in [5, 5.41) is 13.6. The van der Waals surface area contributed by atoms with Gasteiger partial charge in [-0.3, -0.25) is 14.3 Å². The lowest BCUT2D eigenvalue weighted by Gasteiger charge is -2.12. The zero-order chi connectivity index (χ0) is 31.5. The number of H-pyrrole nitrogens is 1. The van der Waals surface area contributed by atoms with Crippen molar-refractivity contribution in [2.75, 3.05) is 11.9 Å². The van der Waals surface area contributed by atoms with Crippen molar-refractivity contribution in [3.63, 3.8) is 0 Å². The molecule has 1 fully saturated rings. The van der Waals surface area contributed by atoms with Crippen LogP contribution in [0.25, 0.3) is 16.9 Å². The van der Waals surface area contributed by atoms with E-state index in [-0.39, 0.29) is 0 Å². The standard InChI is InChI=1S/C15H15N7S.C6H14.C4H8.C4H10.C3H7NO/c1-3-11-4-13(23-21-11)20-14-15-16-7-12(10-5-17-18-6-10)22(15)8-9(2)19-14;1-5-6(2,3)4;1-4-2-3-4;1-3-4-2;1-2-4-3-5/h4-8H,3H2,1-2H3,(H,17,18)(H,19,20);5H2,1-4H3;4H,2-3H2,1H3;3-4H2,1-2H3;3H,2H2,1H3,(H,4,5). The fraction of sp³-hybridized carbons (Fsp3) is 0.594. The zero-order valence-corrected chi connectivity index (χ0v) is 28.4. The first-order chi connectivity index (χ1) is 20.0. The van der Waals surface area contributed by atoms with Crippen LogP contribution in [0.15, 0.2) is 30.9 Å². The number of carbonyl (C=O) groups excluding carboxylic acids is 1. The van der Waals surface area contributed by atoms with E-state index in [9.17, 15) is 4.79 Å². The van der Waals surface area contributed by atoms with Gasteiger partial charge in [0.2, 0.25) is 6.41 Å². The lowest BCUT2D eigenvalue weighted by atomic mass is 9.94. The number of nitrogens with zero attached hydrogens (tertiary/aromatic N) is 5. The highest BCUT2D eigenvalue weighted by molar-refractivity contribution is 7.10. The maximum atomic E-state index is 9.29. The van der Waals surface area contributed by atoms with E-state index in [1.54, 1.807) is 6.20 Å². The number of imidazole rings is 1. The number of rotatable bonds is 7. The van der Waals surface area contributed by atoms with Crippen molar-refractivity contribution in [3.8, 4) is 11.3 Å². The van der Waals surface area contributed by atoms with Crippen LogP contribution in [-0.2, 0) is 11.2 Å². The van der Waals surface area contributed by atoms with Crippen molar-refractivity contribution in [2.24, 2.45) is 11.3 Å². The van der Waals surface area contributed by atoms with Crippen LogP contribution in [-0.4, -0.2) is 41.9 Å². The van der Waals surface area contributed by atoms with E-state index in [0.717, 1.165) is 58.0 Å². The van der Waals surface area contributed by atoms with Gasteiger partial charge in [-0.25, -0.2) is 9.97 Å². The van der Waals surface area contributed by atoms with Crippen LogP contribution < -0.4 is 10.6 Å². The largest absolute Gasteiger partial charge is 0.359 e. The molecule has 0 radical (unpaired) electrons. The van der Waals surface area contributed by atoms with Crippen LogP contribution >= 0.6 is 11.5 Å². The summed E-state index contributed by atoms with van der Waals surface area (Å²) in [4.78, 5) is 18.4. The van der Waals surface area contributed by atoms with Gasteiger partial charge in [-0.05, 0) is 49.2 Å². The Morgan fingerprint density at radius 1 is 1.12 bits per heavy atom. The topological polar surface area (TPSA) is 113 Å². The van der Waals surface area contributed by atoms with Gasteiger partial charge in [0.1, 0.15) is 5.00 Å². The van der Waals surface area contributed by atoms with Gasteiger partial charge in [-0.1, -0.05) is 87.5 Å². The number of aromatic amines is 1. The molecule has 4 aromatic heterocycles. The third-order valence-corrected chi connectivity index (χ3v) is 7.03. The van der Waals surface area contributed by atoms with Crippen LogP contribution in [0.5, 0.6) is 0 Å². The number of amides is 1. The number of nitrogens with one attached hydrogen (secondary N) is 3. The second-order valence-electron chi connectivity index (χ2n) is 11.5. The van der Waals surface area contributed by atoms with Gasteiger partial charge in [0.15, 0.2) is 11.5 Å². The van der Waals surface area contributed by atoms with Gasteiger partial charge < -0.3 is 10.6 Å². The minimum atomic E-state index is 0.542. The van der Waals surface area contributed by atoms with Crippen molar-refractivity contribution >= 4 is 34.4 Å². The number of hydrogen-bond acceptors (Lipinski definition) is 7. The van der Waals surface area contributed by atoms with Crippen LogP contribution in [0.1, 0.15) is 106 Å². The first-order valence-corrected chi connectivity index (χ1v) is 16.0. The normalized spacial score (nSPS) is 11.9. The second-order valence-corrected chi connectivity index (χ2v) is 12.3. The first kappa shape index (κ1) is 36.8. The van der Waals surface area contributed by atoms with E-state index in [2.05, 4.69) is 90.6 Å². The molecule has 1 aliphatic carbocycles. The maximum absolute atomic E-state index is 9.29. The molecule has 234 valence electrons. The maximum Gasteiger partial charge on any atom is 0.207 e. The Hall–Kier alpha value is -3.27. The third kappa shape index (κ3) is 14.6. The van der Waals surface area contributed by atoms with Gasteiger partial charge in [-0.15, -0.1) is 0 Å². The molecule has 3 N–H and O–H groups in total. The van der Waals surface area contributed by atoms with E-state index in [0.29, 0.717) is 11.8 Å². The summed E-state index contributed by atoms with van der Waals surface area (Å²) in [5.41, 5.74) is 5.26. The molecule has 1 amide bonds. The number of unbranched alkanes of at least 4 members (excludes halogenated alkanes) is 1. The average Bonchev–Trinajstić information content (AvgIpc) is 3.37. The summed E-state index contributed by atoms with van der Waals surface area (Å²) in [7, 11) is 0. The molecule has 1 aliphatic rings. The molecule has 4 heterocycles. The minimum Gasteiger partial charge on any atom is -0.359 e. The second kappa shape index (κ2) is 19.8. The van der Waals surface area contributed by atoms with Crippen molar-refractivity contribution < 1.29 is 4.79 Å². The van der Waals surface area contributed by atoms with Crippen LogP contribution in [0.4, 0.5) is 10.8 Å². The summed E-state index contributed by atoms with van der Waals surface area (Å²) in [6, 6.07) is 2.05.